The van der Waals surface area contributed by atoms with Crippen molar-refractivity contribution >= 4 is 11.9 Å². The summed E-state index contributed by atoms with van der Waals surface area (Å²) in [5.41, 5.74) is 0.974. The van der Waals surface area contributed by atoms with Crippen LogP contribution in [0.5, 0.6) is 0 Å². The van der Waals surface area contributed by atoms with Gasteiger partial charge >= 0.3 is 5.97 Å². The van der Waals surface area contributed by atoms with Gasteiger partial charge in [-0.2, -0.15) is 0 Å². The van der Waals surface area contributed by atoms with Crippen molar-refractivity contribution in [1.29, 1.82) is 0 Å². The molecule has 0 saturated carbocycles. The summed E-state index contributed by atoms with van der Waals surface area (Å²) in [6.07, 6.45) is 3.39. The van der Waals surface area contributed by atoms with Gasteiger partial charge in [0.25, 0.3) is 0 Å². The van der Waals surface area contributed by atoms with Gasteiger partial charge in [-0.1, -0.05) is 0 Å². The molecule has 0 unspecified atom stereocenters. The number of hydrogen-bond donors (Lipinski definition) is 2. The fourth-order valence-corrected chi connectivity index (χ4v) is 1.24. The SMILES string of the molecule is Cc1cnc(NCc2ccc(C(=O)O)o2)nc1. The molecule has 17 heavy (non-hydrogen) atoms. The lowest BCUT2D eigenvalue weighted by molar-refractivity contribution is 0.0660. The summed E-state index contributed by atoms with van der Waals surface area (Å²) in [6, 6.07) is 3.01. The minimum absolute atomic E-state index is 0.0772. The molecule has 0 aliphatic heterocycles. The third-order valence-corrected chi connectivity index (χ3v) is 2.07. The Kier molecular flexibility index (Phi) is 3.04. The maximum Gasteiger partial charge on any atom is 0.371 e. The number of carbonyl (C=O) groups is 1. The van der Waals surface area contributed by atoms with Crippen molar-refractivity contribution in [1.82, 2.24) is 9.97 Å². The quantitative estimate of drug-likeness (QED) is 0.835. The molecule has 0 aliphatic rings. The van der Waals surface area contributed by atoms with Crippen LogP contribution in [0.15, 0.2) is 28.9 Å². The van der Waals surface area contributed by atoms with Crippen molar-refractivity contribution in [2.75, 3.05) is 5.32 Å². The van der Waals surface area contributed by atoms with Crippen molar-refractivity contribution in [2.45, 2.75) is 13.5 Å². The predicted molar refractivity (Wildman–Crippen MR) is 59.8 cm³/mol. The topological polar surface area (TPSA) is 88.2 Å². The van der Waals surface area contributed by atoms with Crippen LogP contribution in [0.2, 0.25) is 0 Å². The van der Waals surface area contributed by atoms with E-state index < -0.39 is 5.97 Å². The minimum atomic E-state index is -1.08. The van der Waals surface area contributed by atoms with Gasteiger partial charge < -0.3 is 14.8 Å². The maximum absolute atomic E-state index is 10.6. The van der Waals surface area contributed by atoms with Gasteiger partial charge in [-0.25, -0.2) is 14.8 Å². The highest BCUT2D eigenvalue weighted by Gasteiger charge is 2.08. The van der Waals surface area contributed by atoms with E-state index in [0.29, 0.717) is 18.3 Å². The first-order chi connectivity index (χ1) is 8.15. The summed E-state index contributed by atoms with van der Waals surface area (Å²) < 4.78 is 5.07. The number of furan rings is 1. The maximum atomic E-state index is 10.6. The smallest absolute Gasteiger partial charge is 0.371 e. The normalized spacial score (nSPS) is 10.2. The molecule has 0 atom stereocenters. The molecule has 6 nitrogen and oxygen atoms in total. The van der Waals surface area contributed by atoms with Crippen molar-refractivity contribution < 1.29 is 14.3 Å². The molecule has 0 amide bonds. The highest BCUT2D eigenvalue weighted by molar-refractivity contribution is 5.84. The number of aromatic nitrogens is 2. The lowest BCUT2D eigenvalue weighted by Crippen LogP contribution is -2.02. The summed E-state index contributed by atoms with van der Waals surface area (Å²) >= 11 is 0. The van der Waals surface area contributed by atoms with Crippen molar-refractivity contribution in [2.24, 2.45) is 0 Å². The van der Waals surface area contributed by atoms with Gasteiger partial charge in [0.15, 0.2) is 0 Å². The van der Waals surface area contributed by atoms with Gasteiger partial charge in [-0.05, 0) is 24.6 Å². The fraction of sp³-hybridized carbons (Fsp3) is 0.182. The van der Waals surface area contributed by atoms with Crippen LogP contribution in [-0.2, 0) is 6.54 Å². The van der Waals surface area contributed by atoms with Crippen LogP contribution in [0.4, 0.5) is 5.95 Å². The fourth-order valence-electron chi connectivity index (χ4n) is 1.24. The average Bonchev–Trinajstić information content (AvgIpc) is 2.77. The Hall–Kier alpha value is -2.37. The van der Waals surface area contributed by atoms with Crippen LogP contribution in [-0.4, -0.2) is 21.0 Å². The van der Waals surface area contributed by atoms with Gasteiger partial charge in [-0.15, -0.1) is 0 Å². The van der Waals surface area contributed by atoms with E-state index in [1.165, 1.54) is 6.07 Å². The first kappa shape index (κ1) is 11.1. The van der Waals surface area contributed by atoms with Crippen LogP contribution in [0, 0.1) is 6.92 Å². The lowest BCUT2D eigenvalue weighted by Gasteiger charge is -2.01. The largest absolute Gasteiger partial charge is 0.475 e. The molecule has 0 aromatic carbocycles. The second-order valence-electron chi connectivity index (χ2n) is 3.51. The van der Waals surface area contributed by atoms with E-state index in [-0.39, 0.29) is 5.76 Å². The Labute approximate surface area is 97.3 Å². The Morgan fingerprint density at radius 3 is 2.71 bits per heavy atom. The van der Waals surface area contributed by atoms with Gasteiger partial charge in [-0.3, -0.25) is 0 Å². The molecule has 0 fully saturated rings. The highest BCUT2D eigenvalue weighted by Crippen LogP contribution is 2.09. The number of rotatable bonds is 4. The number of nitrogens with one attached hydrogen (secondary N) is 1. The van der Waals surface area contributed by atoms with Gasteiger partial charge in [0.2, 0.25) is 11.7 Å². The summed E-state index contributed by atoms with van der Waals surface area (Å²) in [7, 11) is 0. The highest BCUT2D eigenvalue weighted by atomic mass is 16.4. The molecule has 2 aromatic heterocycles. The van der Waals surface area contributed by atoms with Crippen LogP contribution < -0.4 is 5.32 Å². The zero-order chi connectivity index (χ0) is 12.3. The van der Waals surface area contributed by atoms with E-state index in [1.54, 1.807) is 18.5 Å². The summed E-state index contributed by atoms with van der Waals surface area (Å²) in [5, 5.41) is 11.6. The molecule has 0 spiro atoms. The van der Waals surface area contributed by atoms with Crippen molar-refractivity contribution in [3.63, 3.8) is 0 Å². The standard InChI is InChI=1S/C11H11N3O3/c1-7-4-12-11(13-5-7)14-6-8-2-3-9(17-8)10(15)16/h2-5H,6H2,1H3,(H,15,16)(H,12,13,14). The average molecular weight is 233 g/mol. The monoisotopic (exact) mass is 233 g/mol. The summed E-state index contributed by atoms with van der Waals surface area (Å²) in [4.78, 5) is 18.7. The number of aryl methyl sites for hydroxylation is 1. The van der Waals surface area contributed by atoms with E-state index in [4.69, 9.17) is 9.52 Å². The summed E-state index contributed by atoms with van der Waals surface area (Å²) in [5.74, 6) is -0.162. The third-order valence-electron chi connectivity index (χ3n) is 2.07. The number of carboxylic acid groups (broad SMARTS) is 1. The van der Waals surface area contributed by atoms with E-state index in [2.05, 4.69) is 15.3 Å². The predicted octanol–water partition coefficient (Wildman–Crippen LogP) is 1.69. The van der Waals surface area contributed by atoms with Crippen molar-refractivity contribution in [3.05, 3.63) is 41.6 Å². The van der Waals surface area contributed by atoms with Crippen molar-refractivity contribution in [3.8, 4) is 0 Å². The van der Waals surface area contributed by atoms with E-state index in [0.717, 1.165) is 5.56 Å². The summed E-state index contributed by atoms with van der Waals surface area (Å²) in [6.45, 7) is 2.24. The molecular weight excluding hydrogens is 222 g/mol. The van der Waals surface area contributed by atoms with Gasteiger partial charge in [0.05, 0.1) is 6.54 Å². The zero-order valence-electron chi connectivity index (χ0n) is 9.17. The molecule has 0 aliphatic carbocycles. The lowest BCUT2D eigenvalue weighted by atomic mass is 10.4. The molecule has 2 aromatic rings. The zero-order valence-corrected chi connectivity index (χ0v) is 9.17. The first-order valence-corrected chi connectivity index (χ1v) is 4.99. The Morgan fingerprint density at radius 1 is 1.41 bits per heavy atom. The molecule has 0 bridgehead atoms. The first-order valence-electron chi connectivity index (χ1n) is 4.99. The van der Waals surface area contributed by atoms with Crippen LogP contribution in [0.1, 0.15) is 21.9 Å². The molecule has 88 valence electrons. The molecule has 0 radical (unpaired) electrons. The molecule has 2 heterocycles. The molecule has 2 N–H and O–H groups in total. The van der Waals surface area contributed by atoms with E-state index in [1.807, 2.05) is 6.92 Å². The number of anilines is 1. The van der Waals surface area contributed by atoms with E-state index >= 15 is 0 Å². The number of aromatic carboxylic acids is 1. The second kappa shape index (κ2) is 4.65. The molecule has 2 rings (SSSR count). The minimum Gasteiger partial charge on any atom is -0.475 e. The third kappa shape index (κ3) is 2.81. The van der Waals surface area contributed by atoms with Gasteiger partial charge in [0.1, 0.15) is 5.76 Å². The Balaban J connectivity index is 1.97. The second-order valence-corrected chi connectivity index (χ2v) is 3.51. The van der Waals surface area contributed by atoms with Crippen LogP contribution in [0.3, 0.4) is 0 Å². The number of nitrogens with zero attached hydrogens (tertiary/aromatic N) is 2. The number of carboxylic acids is 1. The molecule has 6 heteroatoms. The Bertz CT molecular complexity index is 519. The van der Waals surface area contributed by atoms with Crippen LogP contribution >= 0.6 is 0 Å². The molecular formula is C11H11N3O3. The van der Waals surface area contributed by atoms with Crippen LogP contribution in [0.25, 0.3) is 0 Å². The number of hydrogen-bond acceptors (Lipinski definition) is 5. The van der Waals surface area contributed by atoms with E-state index in [9.17, 15) is 4.79 Å². The molecule has 0 saturated heterocycles. The van der Waals surface area contributed by atoms with Gasteiger partial charge in [0, 0.05) is 12.4 Å². The Morgan fingerprint density at radius 2 is 2.12 bits per heavy atom.